The lowest BCUT2D eigenvalue weighted by atomic mass is 10.0. The highest BCUT2D eigenvalue weighted by molar-refractivity contribution is 9.10. The van der Waals surface area contributed by atoms with E-state index >= 15 is 0 Å². The molecular weight excluding hydrogens is 475 g/mol. The van der Waals surface area contributed by atoms with Gasteiger partial charge in [-0.25, -0.2) is 14.1 Å². The number of aryl methyl sites for hydroxylation is 1. The summed E-state index contributed by atoms with van der Waals surface area (Å²) in [5, 5.41) is 2.22. The molecule has 0 spiro atoms. The molecule has 0 unspecified atom stereocenters. The van der Waals surface area contributed by atoms with Crippen molar-refractivity contribution in [2.45, 2.75) is 13.3 Å². The van der Waals surface area contributed by atoms with E-state index in [0.29, 0.717) is 17.7 Å². The van der Waals surface area contributed by atoms with Crippen LogP contribution in [0.4, 0.5) is 14.9 Å². The molecule has 0 aliphatic carbocycles. The van der Waals surface area contributed by atoms with Gasteiger partial charge in [-0.15, -0.1) is 0 Å². The highest BCUT2D eigenvalue weighted by atomic mass is 79.9. The lowest BCUT2D eigenvalue weighted by molar-refractivity contribution is -0.122. The summed E-state index contributed by atoms with van der Waals surface area (Å²) in [5.74, 6) is -1.74. The number of barbiturate groups is 1. The largest absolute Gasteiger partial charge is 0.335 e. The molecule has 1 fully saturated rings. The number of carbonyl (C=O) groups excluding carboxylic acids is 3. The molecule has 4 amide bonds. The second-order valence-corrected chi connectivity index (χ2v) is 8.31. The highest BCUT2D eigenvalue weighted by Gasteiger charge is 2.36. The number of rotatable bonds is 4. The van der Waals surface area contributed by atoms with Gasteiger partial charge in [0.2, 0.25) is 0 Å². The predicted molar refractivity (Wildman–Crippen MR) is 124 cm³/mol. The number of urea groups is 1. The minimum Gasteiger partial charge on any atom is -0.273 e. The lowest BCUT2D eigenvalue weighted by Gasteiger charge is -2.26. The van der Waals surface area contributed by atoms with Crippen LogP contribution in [0.15, 0.2) is 76.8 Å². The number of anilines is 1. The van der Waals surface area contributed by atoms with Crippen molar-refractivity contribution in [3.8, 4) is 0 Å². The number of nitrogens with one attached hydrogen (secondary N) is 1. The minimum atomic E-state index is -0.785. The van der Waals surface area contributed by atoms with Crippen LogP contribution in [0.5, 0.6) is 0 Å². The molecule has 1 saturated heterocycles. The zero-order valence-corrected chi connectivity index (χ0v) is 18.6. The van der Waals surface area contributed by atoms with Gasteiger partial charge >= 0.3 is 6.03 Å². The summed E-state index contributed by atoms with van der Waals surface area (Å²) in [7, 11) is 0. The van der Waals surface area contributed by atoms with Gasteiger partial charge in [-0.05, 0) is 66.4 Å². The first-order chi connectivity index (χ1) is 15.3. The number of halogens is 2. The summed E-state index contributed by atoms with van der Waals surface area (Å²) < 4.78 is 14.2. The van der Waals surface area contributed by atoms with Gasteiger partial charge in [0, 0.05) is 4.47 Å². The second kappa shape index (κ2) is 8.88. The molecule has 0 radical (unpaired) electrons. The van der Waals surface area contributed by atoms with E-state index in [1.165, 1.54) is 18.2 Å². The van der Waals surface area contributed by atoms with Crippen LogP contribution >= 0.6 is 15.9 Å². The van der Waals surface area contributed by atoms with Crippen molar-refractivity contribution in [2.24, 2.45) is 0 Å². The molecule has 1 heterocycles. The van der Waals surface area contributed by atoms with Crippen molar-refractivity contribution < 1.29 is 18.8 Å². The topological polar surface area (TPSA) is 66.5 Å². The van der Waals surface area contributed by atoms with Gasteiger partial charge in [-0.2, -0.15) is 0 Å². The standard InChI is InChI=1S/C25H18BrFN2O3/c1-15-5-9-20(10-6-15)29-24(31)21(23(30)28-25(29)32)13-17-7-8-18(22(26)14-17)11-16-3-2-4-19(27)12-16/h2-10,12-14H,11H2,1H3,(H,28,30,32)/b21-13+. The molecule has 7 heteroatoms. The Kier molecular flexibility index (Phi) is 6.01. The Morgan fingerprint density at radius 1 is 1.00 bits per heavy atom. The number of carbonyl (C=O) groups is 3. The Morgan fingerprint density at radius 3 is 2.44 bits per heavy atom. The van der Waals surface area contributed by atoms with E-state index in [9.17, 15) is 18.8 Å². The fourth-order valence-corrected chi connectivity index (χ4v) is 3.95. The number of benzene rings is 3. The van der Waals surface area contributed by atoms with E-state index < -0.39 is 17.8 Å². The summed E-state index contributed by atoms with van der Waals surface area (Å²) in [6.07, 6.45) is 1.96. The average Bonchev–Trinajstić information content (AvgIpc) is 2.74. The van der Waals surface area contributed by atoms with Gasteiger partial charge in [0.15, 0.2) is 0 Å². The van der Waals surface area contributed by atoms with Gasteiger partial charge in [0.25, 0.3) is 11.8 Å². The maximum Gasteiger partial charge on any atom is 0.335 e. The minimum absolute atomic E-state index is 0.144. The highest BCUT2D eigenvalue weighted by Crippen LogP contribution is 2.26. The van der Waals surface area contributed by atoms with E-state index in [-0.39, 0.29) is 11.4 Å². The fraction of sp³-hybridized carbons (Fsp3) is 0.0800. The van der Waals surface area contributed by atoms with Gasteiger partial charge in [-0.3, -0.25) is 14.9 Å². The Balaban J connectivity index is 1.62. The van der Waals surface area contributed by atoms with Crippen molar-refractivity contribution in [1.82, 2.24) is 5.32 Å². The summed E-state index contributed by atoms with van der Waals surface area (Å²) in [6.45, 7) is 1.90. The Labute approximate surface area is 192 Å². The molecule has 4 rings (SSSR count). The van der Waals surface area contributed by atoms with Crippen LogP contribution in [-0.4, -0.2) is 17.8 Å². The smallest absolute Gasteiger partial charge is 0.273 e. The Hall–Kier alpha value is -3.58. The van der Waals surface area contributed by atoms with E-state index in [1.54, 1.807) is 42.5 Å². The average molecular weight is 493 g/mol. The van der Waals surface area contributed by atoms with Crippen LogP contribution in [0.2, 0.25) is 0 Å². The van der Waals surface area contributed by atoms with E-state index in [4.69, 9.17) is 0 Å². The molecule has 0 atom stereocenters. The van der Waals surface area contributed by atoms with Gasteiger partial charge in [0.1, 0.15) is 11.4 Å². The SMILES string of the molecule is Cc1ccc(N2C(=O)NC(=O)/C(=C\c3ccc(Cc4cccc(F)c4)c(Br)c3)C2=O)cc1. The quantitative estimate of drug-likeness (QED) is 0.404. The van der Waals surface area contributed by atoms with Crippen LogP contribution in [-0.2, 0) is 16.0 Å². The Bertz CT molecular complexity index is 1270. The van der Waals surface area contributed by atoms with Gasteiger partial charge in [-0.1, -0.05) is 57.9 Å². The molecule has 1 aliphatic rings. The molecule has 0 saturated carbocycles. The van der Waals surface area contributed by atoms with Crippen molar-refractivity contribution in [3.63, 3.8) is 0 Å². The molecule has 0 aromatic heterocycles. The number of hydrogen-bond acceptors (Lipinski definition) is 3. The van der Waals surface area contributed by atoms with Crippen LogP contribution in [0.3, 0.4) is 0 Å². The summed E-state index contributed by atoms with van der Waals surface area (Å²) in [4.78, 5) is 38.6. The van der Waals surface area contributed by atoms with Crippen molar-refractivity contribution >= 4 is 45.5 Å². The normalized spacial score (nSPS) is 15.3. The van der Waals surface area contributed by atoms with Crippen molar-refractivity contribution in [3.05, 3.63) is 105 Å². The van der Waals surface area contributed by atoms with Crippen molar-refractivity contribution in [2.75, 3.05) is 4.90 Å². The predicted octanol–water partition coefficient (Wildman–Crippen LogP) is 5.15. The number of imide groups is 2. The lowest BCUT2D eigenvalue weighted by Crippen LogP contribution is -2.54. The maximum absolute atomic E-state index is 13.5. The van der Waals surface area contributed by atoms with E-state index in [0.717, 1.165) is 26.1 Å². The van der Waals surface area contributed by atoms with Crippen molar-refractivity contribution in [1.29, 1.82) is 0 Å². The summed E-state index contributed by atoms with van der Waals surface area (Å²) in [5.41, 5.74) is 3.57. The molecular formula is C25H18BrFN2O3. The first-order valence-electron chi connectivity index (χ1n) is 9.83. The van der Waals surface area contributed by atoms with Crippen LogP contribution in [0, 0.1) is 12.7 Å². The van der Waals surface area contributed by atoms with Gasteiger partial charge in [0.05, 0.1) is 5.69 Å². The van der Waals surface area contributed by atoms with Crippen LogP contribution in [0.25, 0.3) is 6.08 Å². The van der Waals surface area contributed by atoms with Crippen LogP contribution in [0.1, 0.15) is 22.3 Å². The van der Waals surface area contributed by atoms with Crippen LogP contribution < -0.4 is 10.2 Å². The molecule has 0 bridgehead atoms. The molecule has 1 aliphatic heterocycles. The van der Waals surface area contributed by atoms with Gasteiger partial charge < -0.3 is 0 Å². The maximum atomic E-state index is 13.5. The van der Waals surface area contributed by atoms with E-state index in [1.807, 2.05) is 19.1 Å². The molecule has 3 aromatic carbocycles. The molecule has 5 nitrogen and oxygen atoms in total. The zero-order valence-electron chi connectivity index (χ0n) is 17.1. The number of hydrogen-bond donors (Lipinski definition) is 1. The summed E-state index contributed by atoms with van der Waals surface area (Å²) >= 11 is 3.51. The van der Waals surface area contributed by atoms with E-state index in [2.05, 4.69) is 21.2 Å². The summed E-state index contributed by atoms with van der Waals surface area (Å²) in [6, 6.07) is 17.8. The molecule has 3 aromatic rings. The molecule has 1 N–H and O–H groups in total. The Morgan fingerprint density at radius 2 is 1.75 bits per heavy atom. The second-order valence-electron chi connectivity index (χ2n) is 7.45. The first-order valence-corrected chi connectivity index (χ1v) is 10.6. The number of nitrogens with zero attached hydrogens (tertiary/aromatic N) is 1. The first kappa shape index (κ1) is 21.6. The zero-order chi connectivity index (χ0) is 22.8. The molecule has 32 heavy (non-hydrogen) atoms. The fourth-order valence-electron chi connectivity index (χ4n) is 3.42. The monoisotopic (exact) mass is 492 g/mol. The third kappa shape index (κ3) is 4.53. The third-order valence-electron chi connectivity index (χ3n) is 5.07. The molecule has 160 valence electrons. The third-order valence-corrected chi connectivity index (χ3v) is 5.80. The number of amides is 4.